The average molecular weight is 421 g/mol. The van der Waals surface area contributed by atoms with Crippen molar-refractivity contribution >= 4 is 30.3 Å². The summed E-state index contributed by atoms with van der Waals surface area (Å²) in [5, 5.41) is 2.96. The van der Waals surface area contributed by atoms with Gasteiger partial charge in [0.1, 0.15) is 12.6 Å². The lowest BCUT2D eigenvalue weighted by Crippen LogP contribution is -2.19. The van der Waals surface area contributed by atoms with Crippen LogP contribution in [0.5, 0.6) is 0 Å². The van der Waals surface area contributed by atoms with E-state index in [1.54, 1.807) is 31.3 Å². The minimum atomic E-state index is 0.226. The third kappa shape index (κ3) is 12.0. The highest BCUT2D eigenvalue weighted by Gasteiger charge is 2.23. The van der Waals surface area contributed by atoms with Gasteiger partial charge >= 0.3 is 0 Å². The molecule has 30 heavy (non-hydrogen) atoms. The molecule has 0 radical (unpaired) electrons. The molecule has 9 N–H and O–H groups in total. The first-order valence-corrected chi connectivity index (χ1v) is 9.97. The van der Waals surface area contributed by atoms with E-state index in [2.05, 4.69) is 36.8 Å². The lowest BCUT2D eigenvalue weighted by Gasteiger charge is -2.10. The number of allylic oxidation sites excluding steroid dienone is 1. The van der Waals surface area contributed by atoms with E-state index in [4.69, 9.17) is 22.0 Å². The SMILES string of the molecule is C=O.CC(C)C.CN.CNc1cc(N=C(N)/C=C(\N)C2CCC(N)C2)ccc1C=O. The Morgan fingerprint density at radius 1 is 1.20 bits per heavy atom. The van der Waals surface area contributed by atoms with Crippen molar-refractivity contribution in [3.05, 3.63) is 35.5 Å². The molecule has 0 heterocycles. The number of anilines is 1. The van der Waals surface area contributed by atoms with Gasteiger partial charge in [-0.05, 0) is 56.5 Å². The molecule has 0 bridgehead atoms. The van der Waals surface area contributed by atoms with Crippen molar-refractivity contribution in [2.45, 2.75) is 46.1 Å². The average Bonchev–Trinajstić information content (AvgIpc) is 3.17. The van der Waals surface area contributed by atoms with Gasteiger partial charge in [-0.15, -0.1) is 0 Å². The van der Waals surface area contributed by atoms with Gasteiger partial charge in [0.2, 0.25) is 0 Å². The van der Waals surface area contributed by atoms with Crippen molar-refractivity contribution in [1.82, 2.24) is 0 Å². The summed E-state index contributed by atoms with van der Waals surface area (Å²) < 4.78 is 0. The molecule has 1 aliphatic carbocycles. The first-order valence-electron chi connectivity index (χ1n) is 9.97. The van der Waals surface area contributed by atoms with E-state index in [0.717, 1.165) is 37.2 Å². The van der Waals surface area contributed by atoms with E-state index in [1.807, 2.05) is 6.79 Å². The lowest BCUT2D eigenvalue weighted by atomic mass is 10.0. The van der Waals surface area contributed by atoms with Gasteiger partial charge in [0.05, 0.1) is 5.69 Å². The molecular weight excluding hydrogens is 380 g/mol. The molecule has 1 fully saturated rings. The minimum Gasteiger partial charge on any atom is -0.402 e. The molecular formula is C22H40N6O2. The number of aldehydes is 1. The third-order valence-corrected chi connectivity index (χ3v) is 3.95. The lowest BCUT2D eigenvalue weighted by molar-refractivity contribution is -0.0980. The second-order valence-electron chi connectivity index (χ2n) is 7.32. The number of carbonyl (C=O) groups excluding carboxylic acids is 2. The molecule has 8 nitrogen and oxygen atoms in total. The minimum absolute atomic E-state index is 0.226. The van der Waals surface area contributed by atoms with Crippen LogP contribution >= 0.6 is 0 Å². The molecule has 170 valence electrons. The van der Waals surface area contributed by atoms with Crippen molar-refractivity contribution in [2.24, 2.45) is 39.8 Å². The Morgan fingerprint density at radius 2 is 1.77 bits per heavy atom. The van der Waals surface area contributed by atoms with Crippen LogP contribution in [0.4, 0.5) is 11.4 Å². The maximum Gasteiger partial charge on any atom is 0.152 e. The fourth-order valence-corrected chi connectivity index (χ4v) is 2.72. The van der Waals surface area contributed by atoms with Gasteiger partial charge in [0.15, 0.2) is 6.29 Å². The molecule has 0 aromatic heterocycles. The van der Waals surface area contributed by atoms with Crippen LogP contribution < -0.4 is 28.3 Å². The fraction of sp³-hybridized carbons (Fsp3) is 0.500. The molecule has 0 spiro atoms. The number of hydrogen-bond donors (Lipinski definition) is 5. The molecule has 0 saturated heterocycles. The molecule has 2 unspecified atom stereocenters. The summed E-state index contributed by atoms with van der Waals surface area (Å²) in [6.45, 7) is 8.50. The van der Waals surface area contributed by atoms with Gasteiger partial charge < -0.3 is 33.0 Å². The van der Waals surface area contributed by atoms with Gasteiger partial charge in [-0.2, -0.15) is 0 Å². The zero-order valence-corrected chi connectivity index (χ0v) is 19.0. The summed E-state index contributed by atoms with van der Waals surface area (Å²) in [5.41, 5.74) is 25.1. The predicted octanol–water partition coefficient (Wildman–Crippen LogP) is 2.55. The molecule has 2 atom stereocenters. The van der Waals surface area contributed by atoms with E-state index in [1.165, 1.54) is 7.05 Å². The predicted molar refractivity (Wildman–Crippen MR) is 128 cm³/mol. The van der Waals surface area contributed by atoms with Crippen LogP contribution in [0, 0.1) is 11.8 Å². The Labute approximate surface area is 181 Å². The Morgan fingerprint density at radius 3 is 2.20 bits per heavy atom. The van der Waals surface area contributed by atoms with Gasteiger partial charge in [-0.1, -0.05) is 20.8 Å². The summed E-state index contributed by atoms with van der Waals surface area (Å²) in [4.78, 5) is 23.2. The molecule has 8 heteroatoms. The molecule has 1 aromatic carbocycles. The van der Waals surface area contributed by atoms with Crippen molar-refractivity contribution in [3.8, 4) is 0 Å². The standard InChI is InChI=1S/C16H23N5O.C4H10.CH5N.CH2O/c1-20-15-7-13(5-3-11(15)9-22)21-16(19)8-14(18)10-2-4-12(17)6-10;1-4(2)3;2*1-2/h3,5,7-10,12,20H,2,4,6,17-18H2,1H3,(H2,19,21);4H,1-3H3;2H2,1H3;1H2/b14-8-;;;. The first kappa shape index (κ1) is 29.5. The van der Waals surface area contributed by atoms with E-state index in [-0.39, 0.29) is 12.0 Å². The highest BCUT2D eigenvalue weighted by atomic mass is 16.1. The van der Waals surface area contributed by atoms with E-state index in [9.17, 15) is 4.79 Å². The number of benzene rings is 1. The Balaban J connectivity index is 0. The zero-order valence-electron chi connectivity index (χ0n) is 19.0. The Hall–Kier alpha value is -2.71. The number of aliphatic imine (C=N–C) groups is 1. The van der Waals surface area contributed by atoms with Gasteiger partial charge in [0.25, 0.3) is 0 Å². The molecule has 1 aliphatic rings. The number of carbonyl (C=O) groups is 2. The van der Waals surface area contributed by atoms with Crippen molar-refractivity contribution in [1.29, 1.82) is 0 Å². The monoisotopic (exact) mass is 420 g/mol. The van der Waals surface area contributed by atoms with E-state index >= 15 is 0 Å². The van der Waals surface area contributed by atoms with Crippen LogP contribution in [-0.4, -0.2) is 39.0 Å². The van der Waals surface area contributed by atoms with Crippen LogP contribution in [0.3, 0.4) is 0 Å². The topological polar surface area (TPSA) is 163 Å². The fourth-order valence-electron chi connectivity index (χ4n) is 2.72. The highest BCUT2D eigenvalue weighted by molar-refractivity contribution is 5.94. The smallest absolute Gasteiger partial charge is 0.152 e. The molecule has 1 aromatic rings. The maximum atomic E-state index is 10.9. The van der Waals surface area contributed by atoms with Crippen LogP contribution in [0.15, 0.2) is 35.0 Å². The van der Waals surface area contributed by atoms with Gasteiger partial charge in [-0.3, -0.25) is 4.79 Å². The van der Waals surface area contributed by atoms with Gasteiger partial charge in [-0.25, -0.2) is 4.99 Å². The normalized spacial score (nSPS) is 18.1. The van der Waals surface area contributed by atoms with E-state index in [0.29, 0.717) is 22.8 Å². The van der Waals surface area contributed by atoms with Crippen molar-refractivity contribution in [3.63, 3.8) is 0 Å². The summed E-state index contributed by atoms with van der Waals surface area (Å²) in [7, 11) is 3.25. The van der Waals surface area contributed by atoms with Crippen molar-refractivity contribution < 1.29 is 9.59 Å². The molecule has 0 aliphatic heterocycles. The number of hydrogen-bond acceptors (Lipinski definition) is 7. The molecule has 0 amide bonds. The number of rotatable bonds is 5. The number of nitrogens with one attached hydrogen (secondary N) is 1. The third-order valence-electron chi connectivity index (χ3n) is 3.95. The molecule has 1 saturated carbocycles. The number of amidine groups is 1. The summed E-state index contributed by atoms with van der Waals surface area (Å²) in [6, 6.07) is 5.44. The number of nitrogens with zero attached hydrogens (tertiary/aromatic N) is 1. The van der Waals surface area contributed by atoms with Crippen LogP contribution in [0.2, 0.25) is 0 Å². The number of nitrogens with two attached hydrogens (primary N) is 4. The van der Waals surface area contributed by atoms with Crippen LogP contribution in [0.25, 0.3) is 0 Å². The van der Waals surface area contributed by atoms with Gasteiger partial charge in [0, 0.05) is 36.0 Å². The summed E-state index contributed by atoms with van der Waals surface area (Å²) in [5.74, 6) is 1.47. The zero-order chi connectivity index (χ0) is 23.7. The van der Waals surface area contributed by atoms with Crippen LogP contribution in [-0.2, 0) is 4.79 Å². The Kier molecular flexibility index (Phi) is 16.9. The summed E-state index contributed by atoms with van der Waals surface area (Å²) >= 11 is 0. The first-order chi connectivity index (χ1) is 14.3. The maximum absolute atomic E-state index is 10.9. The van der Waals surface area contributed by atoms with Crippen molar-refractivity contribution in [2.75, 3.05) is 19.4 Å². The quantitative estimate of drug-likeness (QED) is 0.277. The largest absolute Gasteiger partial charge is 0.402 e. The van der Waals surface area contributed by atoms with E-state index < -0.39 is 0 Å². The molecule has 2 rings (SSSR count). The van der Waals surface area contributed by atoms with Crippen LogP contribution in [0.1, 0.15) is 50.4 Å². The Bertz CT molecular complexity index is 671. The highest BCUT2D eigenvalue weighted by Crippen LogP contribution is 2.28. The summed E-state index contributed by atoms with van der Waals surface area (Å²) in [6.07, 6.45) is 5.39. The second-order valence-corrected chi connectivity index (χ2v) is 7.32. The second kappa shape index (κ2) is 17.2.